The van der Waals surface area contributed by atoms with E-state index in [0.717, 1.165) is 41.8 Å². The third-order valence-corrected chi connectivity index (χ3v) is 9.57. The van der Waals surface area contributed by atoms with Gasteiger partial charge in [-0.25, -0.2) is 4.79 Å². The number of carbonyl (C=O) groups excluding carboxylic acids is 2. The van der Waals surface area contributed by atoms with Crippen molar-refractivity contribution in [2.24, 2.45) is 11.3 Å². The molecule has 212 valence electrons. The number of methoxy groups -OCH3 is 3. The Balaban J connectivity index is 1.30. The summed E-state index contributed by atoms with van der Waals surface area (Å²) in [5.41, 5.74) is 3.43. The quantitative estimate of drug-likeness (QED) is 0.242. The van der Waals surface area contributed by atoms with Gasteiger partial charge in [0.05, 0.1) is 32.5 Å². The first-order valence-electron chi connectivity index (χ1n) is 13.5. The van der Waals surface area contributed by atoms with Crippen LogP contribution in [0.25, 0.3) is 0 Å². The van der Waals surface area contributed by atoms with E-state index in [2.05, 4.69) is 31.4 Å². The summed E-state index contributed by atoms with van der Waals surface area (Å²) in [7, 11) is 4.48. The first-order valence-corrected chi connectivity index (χ1v) is 14.3. The van der Waals surface area contributed by atoms with Crippen LogP contribution in [0.15, 0.2) is 36.4 Å². The third-order valence-electron chi connectivity index (χ3n) is 8.38. The molecule has 2 atom stereocenters. The second-order valence-electron chi connectivity index (χ2n) is 10.9. The van der Waals surface area contributed by atoms with Gasteiger partial charge in [-0.3, -0.25) is 4.79 Å². The summed E-state index contributed by atoms with van der Waals surface area (Å²) < 4.78 is 21.6. The number of thiophene rings is 1. The van der Waals surface area contributed by atoms with E-state index in [0.29, 0.717) is 28.9 Å². The van der Waals surface area contributed by atoms with Gasteiger partial charge in [-0.1, -0.05) is 39.3 Å². The van der Waals surface area contributed by atoms with Gasteiger partial charge >= 0.3 is 5.97 Å². The number of ether oxygens (including phenoxy) is 4. The maximum absolute atomic E-state index is 13.2. The van der Waals surface area contributed by atoms with Crippen LogP contribution in [0.4, 0.5) is 5.00 Å². The number of benzene rings is 2. The van der Waals surface area contributed by atoms with Crippen LogP contribution in [-0.2, 0) is 12.8 Å². The van der Waals surface area contributed by atoms with Crippen molar-refractivity contribution < 1.29 is 28.5 Å². The number of hydrogen-bond donors (Lipinski definition) is 2. The van der Waals surface area contributed by atoms with Crippen molar-refractivity contribution in [1.29, 1.82) is 0 Å². The molecule has 5 rings (SSSR count). The van der Waals surface area contributed by atoms with Crippen LogP contribution in [-0.4, -0.2) is 33.2 Å². The normalized spacial score (nSPS) is 18.1. The Hall–Kier alpha value is -3.72. The molecule has 0 saturated carbocycles. The van der Waals surface area contributed by atoms with Crippen LogP contribution < -0.4 is 29.6 Å². The smallest absolute Gasteiger partial charge is 0.343 e. The number of fused-ring (bicyclic) bond motifs is 3. The molecule has 8 nitrogen and oxygen atoms in total. The van der Waals surface area contributed by atoms with E-state index in [4.69, 9.17) is 18.9 Å². The molecule has 0 spiro atoms. The monoisotopic (exact) mass is 564 g/mol. The van der Waals surface area contributed by atoms with Crippen molar-refractivity contribution in [2.45, 2.75) is 52.6 Å². The Kier molecular flexibility index (Phi) is 7.68. The molecule has 0 radical (unpaired) electrons. The molecule has 9 heteroatoms. The molecule has 2 aliphatic rings. The van der Waals surface area contributed by atoms with Crippen LogP contribution in [0, 0.1) is 11.3 Å². The fraction of sp³-hybridized carbons (Fsp3) is 0.419. The molecule has 1 aliphatic heterocycles. The molecule has 1 aliphatic carbocycles. The zero-order valence-corrected chi connectivity index (χ0v) is 24.6. The highest BCUT2D eigenvalue weighted by Crippen LogP contribution is 2.47. The third kappa shape index (κ3) is 5.10. The van der Waals surface area contributed by atoms with Crippen molar-refractivity contribution in [3.05, 3.63) is 63.5 Å². The van der Waals surface area contributed by atoms with Gasteiger partial charge in [-0.05, 0) is 66.0 Å². The lowest BCUT2D eigenvalue weighted by atomic mass is 9.69. The lowest BCUT2D eigenvalue weighted by Gasteiger charge is -2.36. The Morgan fingerprint density at radius 1 is 1.02 bits per heavy atom. The van der Waals surface area contributed by atoms with Gasteiger partial charge in [0.2, 0.25) is 5.75 Å². The number of hydrogen-bond acceptors (Lipinski definition) is 8. The average molecular weight is 565 g/mol. The molecule has 1 amide bonds. The summed E-state index contributed by atoms with van der Waals surface area (Å²) in [5, 5.41) is 7.58. The first-order chi connectivity index (χ1) is 19.2. The molecule has 2 aromatic carbocycles. The predicted octanol–water partition coefficient (Wildman–Crippen LogP) is 6.39. The number of carbonyl (C=O) groups is 2. The molecule has 0 fully saturated rings. The van der Waals surface area contributed by atoms with E-state index < -0.39 is 5.97 Å². The fourth-order valence-electron chi connectivity index (χ4n) is 5.51. The van der Waals surface area contributed by atoms with Gasteiger partial charge < -0.3 is 29.6 Å². The molecule has 3 aromatic rings. The van der Waals surface area contributed by atoms with E-state index >= 15 is 0 Å². The van der Waals surface area contributed by atoms with Crippen molar-refractivity contribution in [3.8, 4) is 23.0 Å². The zero-order valence-electron chi connectivity index (χ0n) is 23.8. The Morgan fingerprint density at radius 3 is 2.30 bits per heavy atom. The molecular formula is C31H36N2O6S. The predicted molar refractivity (Wildman–Crippen MR) is 155 cm³/mol. The van der Waals surface area contributed by atoms with Gasteiger partial charge in [0, 0.05) is 4.88 Å². The molecule has 2 heterocycles. The fourth-order valence-corrected chi connectivity index (χ4v) is 6.87. The highest BCUT2D eigenvalue weighted by Gasteiger charge is 2.37. The van der Waals surface area contributed by atoms with Crippen LogP contribution >= 0.6 is 11.3 Å². The van der Waals surface area contributed by atoms with Crippen molar-refractivity contribution in [1.82, 2.24) is 5.32 Å². The Labute approximate surface area is 239 Å². The van der Waals surface area contributed by atoms with Crippen molar-refractivity contribution in [2.75, 3.05) is 26.6 Å². The lowest BCUT2D eigenvalue weighted by molar-refractivity contribution is 0.0733. The number of esters is 1. The summed E-state index contributed by atoms with van der Waals surface area (Å²) in [5.74, 6) is 1.52. The van der Waals surface area contributed by atoms with Gasteiger partial charge in [0.15, 0.2) is 11.5 Å². The summed E-state index contributed by atoms with van der Waals surface area (Å²) >= 11 is 1.72. The minimum absolute atomic E-state index is 0.0395. The molecule has 2 N–H and O–H groups in total. The van der Waals surface area contributed by atoms with Gasteiger partial charge in [-0.2, -0.15) is 0 Å². The van der Waals surface area contributed by atoms with Crippen LogP contribution in [0.2, 0.25) is 0 Å². The van der Waals surface area contributed by atoms with Gasteiger partial charge in [0.25, 0.3) is 5.91 Å². The Morgan fingerprint density at radius 2 is 1.70 bits per heavy atom. The molecular weight excluding hydrogens is 528 g/mol. The zero-order chi connectivity index (χ0) is 28.6. The molecule has 0 bridgehead atoms. The summed E-state index contributed by atoms with van der Waals surface area (Å²) in [6.07, 6.45) is 3.86. The minimum Gasteiger partial charge on any atom is -0.493 e. The SMILES string of the molecule is CCC(C)(C)[C@@H]1CCc2c(sc3c2C(=O)N[C@H](c2ccc(OC(=O)c4cc(OC)c(OC)c(OC)c4)cc2)N3)C1. The number of rotatable bonds is 8. The number of amides is 1. The van der Waals surface area contributed by atoms with Gasteiger partial charge in [0.1, 0.15) is 16.9 Å². The van der Waals surface area contributed by atoms with Crippen LogP contribution in [0.1, 0.15) is 76.5 Å². The van der Waals surface area contributed by atoms with E-state index in [1.165, 1.54) is 31.8 Å². The average Bonchev–Trinajstić information content (AvgIpc) is 3.35. The largest absolute Gasteiger partial charge is 0.493 e. The summed E-state index contributed by atoms with van der Waals surface area (Å²) in [4.78, 5) is 27.4. The van der Waals surface area contributed by atoms with Crippen molar-refractivity contribution >= 4 is 28.2 Å². The highest BCUT2D eigenvalue weighted by molar-refractivity contribution is 7.16. The van der Waals surface area contributed by atoms with E-state index in [-0.39, 0.29) is 23.1 Å². The minimum atomic E-state index is -0.561. The standard InChI is InChI=1S/C31H36N2O6S/c1-7-31(2,3)19-10-13-21-24(16-19)40-29-25(21)28(34)32-27(33-29)17-8-11-20(12-9-17)39-30(35)18-14-22(36-4)26(38-6)23(15-18)37-5/h8-9,11-12,14-15,19,27,33H,7,10,13,16H2,1-6H3,(H,32,34)/t19-,27+/m1/s1. The number of anilines is 1. The molecule has 0 saturated heterocycles. The maximum Gasteiger partial charge on any atom is 0.343 e. The molecule has 0 unspecified atom stereocenters. The lowest BCUT2D eigenvalue weighted by Crippen LogP contribution is -2.38. The van der Waals surface area contributed by atoms with Crippen LogP contribution in [0.3, 0.4) is 0 Å². The topological polar surface area (TPSA) is 95.1 Å². The van der Waals surface area contributed by atoms with E-state index in [9.17, 15) is 9.59 Å². The second-order valence-corrected chi connectivity index (χ2v) is 12.0. The van der Waals surface area contributed by atoms with Gasteiger partial charge in [-0.15, -0.1) is 11.3 Å². The Bertz CT molecular complexity index is 1400. The first kappa shape index (κ1) is 27.8. The van der Waals surface area contributed by atoms with Crippen molar-refractivity contribution in [3.63, 3.8) is 0 Å². The van der Waals surface area contributed by atoms with Crippen LogP contribution in [0.5, 0.6) is 23.0 Å². The molecule has 40 heavy (non-hydrogen) atoms. The number of nitrogens with one attached hydrogen (secondary N) is 2. The maximum atomic E-state index is 13.2. The summed E-state index contributed by atoms with van der Waals surface area (Å²) in [6, 6.07) is 10.2. The second kappa shape index (κ2) is 11.0. The van der Waals surface area contributed by atoms with E-state index in [1.54, 1.807) is 35.6 Å². The van der Waals surface area contributed by atoms with E-state index in [1.807, 2.05) is 12.1 Å². The summed E-state index contributed by atoms with van der Waals surface area (Å²) in [6.45, 7) is 6.96. The highest BCUT2D eigenvalue weighted by atomic mass is 32.1. The molecule has 1 aromatic heterocycles.